The van der Waals surface area contributed by atoms with Gasteiger partial charge in [0.1, 0.15) is 11.6 Å². The van der Waals surface area contributed by atoms with Gasteiger partial charge < -0.3 is 14.5 Å². The summed E-state index contributed by atoms with van der Waals surface area (Å²) >= 11 is 0. The second kappa shape index (κ2) is 6.77. The van der Waals surface area contributed by atoms with Crippen LogP contribution in [0, 0.1) is 0 Å². The number of hydrogen-bond acceptors (Lipinski definition) is 3. The van der Waals surface area contributed by atoms with E-state index in [1.165, 1.54) is 24.2 Å². The Kier molecular flexibility index (Phi) is 4.34. The summed E-state index contributed by atoms with van der Waals surface area (Å²) in [7, 11) is 0. The molecule has 0 saturated heterocycles. The van der Waals surface area contributed by atoms with Gasteiger partial charge in [-0.15, -0.1) is 0 Å². The SMILES string of the molecule is CCCn1c(CNCC2CCCn3ccnc32)nc2ccccc21. The molecule has 0 fully saturated rings. The minimum absolute atomic E-state index is 0.512. The molecule has 1 aromatic carbocycles. The second-order valence-corrected chi connectivity index (χ2v) is 6.62. The fourth-order valence-corrected chi connectivity index (χ4v) is 3.79. The lowest BCUT2D eigenvalue weighted by Crippen LogP contribution is -2.27. The van der Waals surface area contributed by atoms with Crippen LogP contribution in [-0.4, -0.2) is 25.6 Å². The summed E-state index contributed by atoms with van der Waals surface area (Å²) in [4.78, 5) is 9.38. The van der Waals surface area contributed by atoms with Gasteiger partial charge in [0.2, 0.25) is 0 Å². The molecule has 1 N–H and O–H groups in total. The van der Waals surface area contributed by atoms with Gasteiger partial charge in [0.05, 0.1) is 17.6 Å². The van der Waals surface area contributed by atoms with Crippen molar-refractivity contribution in [2.45, 2.75) is 51.7 Å². The van der Waals surface area contributed by atoms with Crippen LogP contribution in [0.4, 0.5) is 0 Å². The number of aryl methyl sites for hydroxylation is 2. The van der Waals surface area contributed by atoms with Crippen molar-refractivity contribution >= 4 is 11.0 Å². The standard InChI is InChI=1S/C19H25N5/c1-2-10-24-17-8-4-3-7-16(17)22-18(24)14-20-13-15-6-5-11-23-12-9-21-19(15)23/h3-4,7-9,12,15,20H,2,5-6,10-11,13-14H2,1H3. The molecule has 1 aliphatic heterocycles. The molecule has 1 unspecified atom stereocenters. The molecular weight excluding hydrogens is 298 g/mol. The molecule has 3 aromatic rings. The highest BCUT2D eigenvalue weighted by Crippen LogP contribution is 2.25. The van der Waals surface area contributed by atoms with Crippen LogP contribution in [0.3, 0.4) is 0 Å². The zero-order valence-electron chi connectivity index (χ0n) is 14.3. The van der Waals surface area contributed by atoms with Crippen LogP contribution in [0.25, 0.3) is 11.0 Å². The van der Waals surface area contributed by atoms with Gasteiger partial charge in [0.15, 0.2) is 0 Å². The Balaban J connectivity index is 1.47. The molecule has 0 spiro atoms. The van der Waals surface area contributed by atoms with Crippen LogP contribution in [0.1, 0.15) is 43.8 Å². The quantitative estimate of drug-likeness (QED) is 0.757. The molecule has 24 heavy (non-hydrogen) atoms. The Bertz CT molecular complexity index is 816. The first-order valence-corrected chi connectivity index (χ1v) is 9.02. The van der Waals surface area contributed by atoms with Crippen molar-refractivity contribution in [2.24, 2.45) is 0 Å². The van der Waals surface area contributed by atoms with Gasteiger partial charge in [0.25, 0.3) is 0 Å². The molecule has 126 valence electrons. The number of imidazole rings is 2. The minimum Gasteiger partial charge on any atom is -0.335 e. The molecule has 0 radical (unpaired) electrons. The zero-order valence-corrected chi connectivity index (χ0v) is 14.3. The topological polar surface area (TPSA) is 47.7 Å². The van der Waals surface area contributed by atoms with Crippen LogP contribution in [0.2, 0.25) is 0 Å². The second-order valence-electron chi connectivity index (χ2n) is 6.62. The van der Waals surface area contributed by atoms with Crippen LogP contribution in [-0.2, 0) is 19.6 Å². The van der Waals surface area contributed by atoms with Gasteiger partial charge in [0, 0.05) is 37.9 Å². The van der Waals surface area contributed by atoms with Gasteiger partial charge in [-0.3, -0.25) is 0 Å². The van der Waals surface area contributed by atoms with Crippen molar-refractivity contribution in [3.8, 4) is 0 Å². The van der Waals surface area contributed by atoms with Gasteiger partial charge in [-0.2, -0.15) is 0 Å². The molecular formula is C19H25N5. The van der Waals surface area contributed by atoms with Crippen molar-refractivity contribution in [2.75, 3.05) is 6.54 Å². The van der Waals surface area contributed by atoms with Crippen LogP contribution < -0.4 is 5.32 Å². The highest BCUT2D eigenvalue weighted by molar-refractivity contribution is 5.75. The van der Waals surface area contributed by atoms with Crippen LogP contribution >= 0.6 is 0 Å². The summed E-state index contributed by atoms with van der Waals surface area (Å²) < 4.78 is 4.65. The van der Waals surface area contributed by atoms with E-state index in [2.05, 4.69) is 56.8 Å². The van der Waals surface area contributed by atoms with Crippen LogP contribution in [0.15, 0.2) is 36.7 Å². The molecule has 5 nitrogen and oxygen atoms in total. The van der Waals surface area contributed by atoms with E-state index in [0.29, 0.717) is 5.92 Å². The molecule has 0 aliphatic carbocycles. The number of rotatable bonds is 6. The van der Waals surface area contributed by atoms with Crippen molar-refractivity contribution in [3.63, 3.8) is 0 Å². The molecule has 2 aromatic heterocycles. The number of nitrogens with zero attached hydrogens (tertiary/aromatic N) is 4. The fraction of sp³-hybridized carbons (Fsp3) is 0.474. The third-order valence-electron chi connectivity index (χ3n) is 4.92. The molecule has 0 bridgehead atoms. The summed E-state index contributed by atoms with van der Waals surface area (Å²) in [6.07, 6.45) is 7.60. The van der Waals surface area contributed by atoms with Gasteiger partial charge in [-0.05, 0) is 31.4 Å². The molecule has 4 rings (SSSR count). The molecule has 0 amide bonds. The van der Waals surface area contributed by atoms with E-state index in [1.807, 2.05) is 6.20 Å². The highest BCUT2D eigenvalue weighted by atomic mass is 15.1. The third kappa shape index (κ3) is 2.84. The predicted molar refractivity (Wildman–Crippen MR) is 95.9 cm³/mol. The number of nitrogens with one attached hydrogen (secondary N) is 1. The van der Waals surface area contributed by atoms with E-state index >= 15 is 0 Å². The number of para-hydroxylation sites is 2. The summed E-state index contributed by atoms with van der Waals surface area (Å²) in [5.41, 5.74) is 2.33. The largest absolute Gasteiger partial charge is 0.335 e. The maximum absolute atomic E-state index is 4.83. The maximum Gasteiger partial charge on any atom is 0.123 e. The predicted octanol–water partition coefficient (Wildman–Crippen LogP) is 3.31. The van der Waals surface area contributed by atoms with Crippen molar-refractivity contribution < 1.29 is 0 Å². The molecule has 5 heteroatoms. The molecule has 0 saturated carbocycles. The average molecular weight is 323 g/mol. The van der Waals surface area contributed by atoms with Crippen molar-refractivity contribution in [1.82, 2.24) is 24.4 Å². The fourth-order valence-electron chi connectivity index (χ4n) is 3.79. The number of fused-ring (bicyclic) bond motifs is 2. The lowest BCUT2D eigenvalue weighted by atomic mass is 9.99. The number of hydrogen-bond donors (Lipinski definition) is 1. The van der Waals surface area contributed by atoms with Gasteiger partial charge in [-0.25, -0.2) is 9.97 Å². The highest BCUT2D eigenvalue weighted by Gasteiger charge is 2.21. The molecule has 1 aliphatic rings. The Morgan fingerprint density at radius 1 is 1.29 bits per heavy atom. The third-order valence-corrected chi connectivity index (χ3v) is 4.92. The Morgan fingerprint density at radius 3 is 3.12 bits per heavy atom. The normalized spacial score (nSPS) is 17.3. The van der Waals surface area contributed by atoms with E-state index in [4.69, 9.17) is 4.98 Å². The Labute approximate surface area is 142 Å². The van der Waals surface area contributed by atoms with Gasteiger partial charge in [-0.1, -0.05) is 19.1 Å². The van der Waals surface area contributed by atoms with E-state index in [0.717, 1.165) is 43.9 Å². The van der Waals surface area contributed by atoms with Crippen LogP contribution in [0.5, 0.6) is 0 Å². The zero-order chi connectivity index (χ0) is 16.4. The monoisotopic (exact) mass is 323 g/mol. The summed E-state index contributed by atoms with van der Waals surface area (Å²) in [5, 5.41) is 3.63. The first-order valence-electron chi connectivity index (χ1n) is 9.02. The molecule has 1 atom stereocenters. The average Bonchev–Trinajstić information content (AvgIpc) is 3.21. The minimum atomic E-state index is 0.512. The Morgan fingerprint density at radius 2 is 2.21 bits per heavy atom. The van der Waals surface area contributed by atoms with Crippen molar-refractivity contribution in [1.29, 1.82) is 0 Å². The Hall–Kier alpha value is -2.14. The number of benzene rings is 1. The molecule has 3 heterocycles. The number of aromatic nitrogens is 4. The lowest BCUT2D eigenvalue weighted by molar-refractivity contribution is 0.419. The van der Waals surface area contributed by atoms with E-state index in [-0.39, 0.29) is 0 Å². The van der Waals surface area contributed by atoms with Gasteiger partial charge >= 0.3 is 0 Å². The summed E-state index contributed by atoms with van der Waals surface area (Å²) in [5.74, 6) is 2.88. The maximum atomic E-state index is 4.83. The van der Waals surface area contributed by atoms with Crippen molar-refractivity contribution in [3.05, 3.63) is 48.3 Å². The van der Waals surface area contributed by atoms with E-state index < -0.39 is 0 Å². The lowest BCUT2D eigenvalue weighted by Gasteiger charge is -2.23. The summed E-state index contributed by atoms with van der Waals surface area (Å²) in [6.45, 7) is 6.12. The first-order chi connectivity index (χ1) is 11.9. The smallest absolute Gasteiger partial charge is 0.123 e. The first kappa shape index (κ1) is 15.4. The van der Waals surface area contributed by atoms with E-state index in [1.54, 1.807) is 0 Å². The summed E-state index contributed by atoms with van der Waals surface area (Å²) in [6, 6.07) is 8.42. The van der Waals surface area contributed by atoms with E-state index in [9.17, 15) is 0 Å².